The first-order valence-electron chi connectivity index (χ1n) is 8.21. The van der Waals surface area contributed by atoms with Crippen LogP contribution in [0.5, 0.6) is 0 Å². The number of carbonyl (C=O) groups is 1. The van der Waals surface area contributed by atoms with E-state index in [9.17, 15) is 4.79 Å². The zero-order valence-corrected chi connectivity index (χ0v) is 14.4. The molecule has 0 N–H and O–H groups in total. The number of rotatable bonds is 3. The van der Waals surface area contributed by atoms with E-state index < -0.39 is 0 Å². The van der Waals surface area contributed by atoms with Gasteiger partial charge in [0.25, 0.3) is 11.8 Å². The fourth-order valence-corrected chi connectivity index (χ4v) is 3.30. The van der Waals surface area contributed by atoms with E-state index in [4.69, 9.17) is 8.94 Å². The van der Waals surface area contributed by atoms with Gasteiger partial charge in [0.2, 0.25) is 0 Å². The van der Waals surface area contributed by atoms with Gasteiger partial charge in [0.1, 0.15) is 0 Å². The van der Waals surface area contributed by atoms with E-state index in [1.165, 1.54) is 0 Å². The lowest BCUT2D eigenvalue weighted by molar-refractivity contribution is 0.0789. The van der Waals surface area contributed by atoms with Crippen molar-refractivity contribution in [2.24, 2.45) is 7.05 Å². The Bertz CT molecular complexity index is 909. The Balaban J connectivity index is 1.51. The summed E-state index contributed by atoms with van der Waals surface area (Å²) < 4.78 is 12.3. The van der Waals surface area contributed by atoms with Crippen molar-refractivity contribution < 1.29 is 13.7 Å². The summed E-state index contributed by atoms with van der Waals surface area (Å²) in [5, 5.41) is 8.39. The first-order valence-corrected chi connectivity index (χ1v) is 8.21. The molecule has 1 unspecified atom stereocenters. The van der Waals surface area contributed by atoms with Crippen LogP contribution in [0.2, 0.25) is 0 Å². The summed E-state index contributed by atoms with van der Waals surface area (Å²) in [4.78, 5) is 19.1. The summed E-state index contributed by atoms with van der Waals surface area (Å²) in [6.07, 6.45) is 2.37. The Kier molecular flexibility index (Phi) is 3.67. The second-order valence-electron chi connectivity index (χ2n) is 6.34. The molecule has 4 rings (SSSR count). The third kappa shape index (κ3) is 2.63. The number of amides is 1. The van der Waals surface area contributed by atoms with Crippen LogP contribution in [0.4, 0.5) is 0 Å². The molecule has 3 aromatic heterocycles. The molecule has 1 aliphatic heterocycles. The van der Waals surface area contributed by atoms with Gasteiger partial charge in [-0.05, 0) is 32.4 Å². The summed E-state index contributed by atoms with van der Waals surface area (Å²) >= 11 is 0. The normalized spacial score (nSPS) is 17.4. The van der Waals surface area contributed by atoms with Crippen LogP contribution in [0.3, 0.4) is 0 Å². The van der Waals surface area contributed by atoms with Gasteiger partial charge < -0.3 is 13.8 Å². The molecule has 1 atom stereocenters. The van der Waals surface area contributed by atoms with E-state index in [2.05, 4.69) is 15.2 Å². The first kappa shape index (κ1) is 15.6. The van der Waals surface area contributed by atoms with E-state index >= 15 is 0 Å². The van der Waals surface area contributed by atoms with Crippen molar-refractivity contribution in [2.45, 2.75) is 26.2 Å². The molecule has 0 aromatic carbocycles. The number of nitrogens with zero attached hydrogens (tertiary/aromatic N) is 5. The number of likely N-dealkylation sites (tertiary alicyclic amines) is 1. The van der Waals surface area contributed by atoms with Crippen LogP contribution in [0, 0.1) is 13.8 Å². The maximum atomic E-state index is 12.9. The number of carbonyl (C=O) groups excluding carboxylic acids is 1. The van der Waals surface area contributed by atoms with Gasteiger partial charge in [-0.15, -0.1) is 0 Å². The SMILES string of the molecule is Cc1nn(C)c(C)c1C(=O)N1CCC(c2noc(-c3ccco3)n2)C1. The van der Waals surface area contributed by atoms with Crippen molar-refractivity contribution in [3.05, 3.63) is 41.2 Å². The van der Waals surface area contributed by atoms with Crippen LogP contribution in [0.1, 0.15) is 39.9 Å². The van der Waals surface area contributed by atoms with Gasteiger partial charge in [-0.3, -0.25) is 9.48 Å². The van der Waals surface area contributed by atoms with Gasteiger partial charge in [-0.1, -0.05) is 5.16 Å². The Labute approximate surface area is 144 Å². The zero-order valence-electron chi connectivity index (χ0n) is 14.4. The Morgan fingerprint density at radius 1 is 1.36 bits per heavy atom. The maximum Gasteiger partial charge on any atom is 0.293 e. The minimum atomic E-state index is 0.0142. The fourth-order valence-electron chi connectivity index (χ4n) is 3.30. The van der Waals surface area contributed by atoms with Gasteiger partial charge >= 0.3 is 0 Å². The summed E-state index contributed by atoms with van der Waals surface area (Å²) in [6, 6.07) is 3.55. The lowest BCUT2D eigenvalue weighted by Gasteiger charge is -2.16. The van der Waals surface area contributed by atoms with E-state index in [-0.39, 0.29) is 11.8 Å². The van der Waals surface area contributed by atoms with Crippen LogP contribution in [0.25, 0.3) is 11.7 Å². The van der Waals surface area contributed by atoms with Crippen LogP contribution in [-0.4, -0.2) is 43.8 Å². The summed E-state index contributed by atoms with van der Waals surface area (Å²) in [5.74, 6) is 1.60. The highest BCUT2D eigenvalue weighted by atomic mass is 16.5. The highest BCUT2D eigenvalue weighted by molar-refractivity contribution is 5.96. The summed E-state index contributed by atoms with van der Waals surface area (Å²) in [6.45, 7) is 5.02. The fraction of sp³-hybridized carbons (Fsp3) is 0.412. The molecule has 1 amide bonds. The molecular weight excluding hydrogens is 322 g/mol. The molecule has 130 valence electrons. The van der Waals surface area contributed by atoms with E-state index in [1.807, 2.05) is 25.8 Å². The van der Waals surface area contributed by atoms with Crippen molar-refractivity contribution >= 4 is 5.91 Å². The number of aromatic nitrogens is 4. The molecule has 3 aromatic rings. The summed E-state index contributed by atoms with van der Waals surface area (Å²) in [5.41, 5.74) is 2.33. The average Bonchev–Trinajstić information content (AvgIpc) is 3.35. The lowest BCUT2D eigenvalue weighted by Crippen LogP contribution is -2.29. The lowest BCUT2D eigenvalue weighted by atomic mass is 10.1. The predicted molar refractivity (Wildman–Crippen MR) is 87.9 cm³/mol. The molecule has 0 bridgehead atoms. The smallest absolute Gasteiger partial charge is 0.293 e. The molecule has 8 nitrogen and oxygen atoms in total. The third-order valence-corrected chi connectivity index (χ3v) is 4.74. The zero-order chi connectivity index (χ0) is 17.6. The van der Waals surface area contributed by atoms with Crippen molar-refractivity contribution in [1.82, 2.24) is 24.8 Å². The van der Waals surface area contributed by atoms with Gasteiger partial charge in [0.15, 0.2) is 11.6 Å². The number of furan rings is 1. The molecule has 0 saturated carbocycles. The van der Waals surface area contributed by atoms with Crippen LogP contribution in [0.15, 0.2) is 27.3 Å². The maximum absolute atomic E-state index is 12.9. The molecule has 0 radical (unpaired) electrons. The largest absolute Gasteiger partial charge is 0.459 e. The molecular formula is C17H19N5O3. The molecule has 0 spiro atoms. The topological polar surface area (TPSA) is 90.2 Å². The molecule has 4 heterocycles. The second kappa shape index (κ2) is 5.87. The van der Waals surface area contributed by atoms with Crippen LogP contribution < -0.4 is 0 Å². The monoisotopic (exact) mass is 341 g/mol. The predicted octanol–water partition coefficient (Wildman–Crippen LogP) is 2.31. The van der Waals surface area contributed by atoms with E-state index in [1.54, 1.807) is 23.1 Å². The molecule has 25 heavy (non-hydrogen) atoms. The molecule has 8 heteroatoms. The van der Waals surface area contributed by atoms with Crippen LogP contribution >= 0.6 is 0 Å². The van der Waals surface area contributed by atoms with E-state index in [0.29, 0.717) is 36.1 Å². The Morgan fingerprint density at radius 2 is 2.20 bits per heavy atom. The Hall–Kier alpha value is -2.90. The van der Waals surface area contributed by atoms with Crippen LogP contribution in [-0.2, 0) is 7.05 Å². The average molecular weight is 341 g/mol. The van der Waals surface area contributed by atoms with Gasteiger partial charge in [0.05, 0.1) is 17.5 Å². The quantitative estimate of drug-likeness (QED) is 0.726. The van der Waals surface area contributed by atoms with E-state index in [0.717, 1.165) is 17.8 Å². The molecule has 1 aliphatic rings. The molecule has 1 fully saturated rings. The standard InChI is InChI=1S/C17H19N5O3/c1-10-14(11(2)21(3)19-10)17(23)22-7-6-12(9-22)15-18-16(25-20-15)13-5-4-8-24-13/h4-5,8,12H,6-7,9H2,1-3H3. The van der Waals surface area contributed by atoms with Crippen molar-refractivity contribution in [1.29, 1.82) is 0 Å². The third-order valence-electron chi connectivity index (χ3n) is 4.74. The van der Waals surface area contributed by atoms with Crippen molar-refractivity contribution in [2.75, 3.05) is 13.1 Å². The molecule has 1 saturated heterocycles. The molecule has 0 aliphatic carbocycles. The van der Waals surface area contributed by atoms with Gasteiger partial charge in [0, 0.05) is 31.7 Å². The minimum Gasteiger partial charge on any atom is -0.459 e. The number of aryl methyl sites for hydroxylation is 2. The highest BCUT2D eigenvalue weighted by Gasteiger charge is 2.33. The van der Waals surface area contributed by atoms with Crippen molar-refractivity contribution in [3.63, 3.8) is 0 Å². The van der Waals surface area contributed by atoms with Gasteiger partial charge in [-0.25, -0.2) is 0 Å². The number of hydrogen-bond acceptors (Lipinski definition) is 6. The second-order valence-corrected chi connectivity index (χ2v) is 6.34. The van der Waals surface area contributed by atoms with Gasteiger partial charge in [-0.2, -0.15) is 10.1 Å². The summed E-state index contributed by atoms with van der Waals surface area (Å²) in [7, 11) is 1.85. The Morgan fingerprint density at radius 3 is 2.88 bits per heavy atom. The highest BCUT2D eigenvalue weighted by Crippen LogP contribution is 2.29. The van der Waals surface area contributed by atoms with Crippen molar-refractivity contribution in [3.8, 4) is 11.7 Å². The minimum absolute atomic E-state index is 0.0142. The number of hydrogen-bond donors (Lipinski definition) is 0. The first-order chi connectivity index (χ1) is 12.0.